The minimum absolute atomic E-state index is 0.0114. The van der Waals surface area contributed by atoms with Crippen molar-refractivity contribution in [3.63, 3.8) is 0 Å². The summed E-state index contributed by atoms with van der Waals surface area (Å²) in [5.74, 6) is -0.622. The van der Waals surface area contributed by atoms with Crippen molar-refractivity contribution in [2.75, 3.05) is 11.9 Å². The molecule has 1 fully saturated rings. The lowest BCUT2D eigenvalue weighted by molar-refractivity contribution is -0.141. The Hall–Kier alpha value is -2.75. The molecular weight excluding hydrogens is 351 g/mol. The second kappa shape index (κ2) is 7.24. The number of rotatable bonds is 5. The Morgan fingerprint density at radius 3 is 2.77 bits per heavy atom. The van der Waals surface area contributed by atoms with E-state index < -0.39 is 23.9 Å². The lowest BCUT2D eigenvalue weighted by Crippen LogP contribution is -2.30. The molecule has 0 radical (unpaired) electrons. The Bertz CT molecular complexity index is 785. The molecule has 3 N–H and O–H groups in total. The van der Waals surface area contributed by atoms with Crippen LogP contribution in [0.25, 0.3) is 11.4 Å². The van der Waals surface area contributed by atoms with Crippen LogP contribution in [0.4, 0.5) is 19.0 Å². The Balaban J connectivity index is 1.79. The number of amides is 1. The van der Waals surface area contributed by atoms with Crippen LogP contribution in [0.5, 0.6) is 0 Å². The molecule has 2 atom stereocenters. The number of alkyl halides is 3. The predicted molar refractivity (Wildman–Crippen MR) is 85.8 cm³/mol. The van der Waals surface area contributed by atoms with Crippen LogP contribution >= 0.6 is 0 Å². The molecule has 10 heteroatoms. The van der Waals surface area contributed by atoms with Gasteiger partial charge >= 0.3 is 6.18 Å². The number of nitrogens with zero attached hydrogens (tertiary/aromatic N) is 3. The summed E-state index contributed by atoms with van der Waals surface area (Å²) in [6.07, 6.45) is -1.66. The molecule has 26 heavy (non-hydrogen) atoms. The van der Waals surface area contributed by atoms with Gasteiger partial charge in [0.2, 0.25) is 5.91 Å². The fourth-order valence-corrected chi connectivity index (χ4v) is 2.59. The molecule has 1 aliphatic rings. The Kier molecular flexibility index (Phi) is 5.03. The first-order chi connectivity index (χ1) is 12.3. The van der Waals surface area contributed by atoms with Crippen molar-refractivity contribution in [2.45, 2.75) is 31.2 Å². The number of anilines is 1. The average molecular weight is 367 g/mol. The van der Waals surface area contributed by atoms with Crippen LogP contribution in [0.15, 0.2) is 30.6 Å². The van der Waals surface area contributed by atoms with Gasteiger partial charge < -0.3 is 15.8 Å². The predicted octanol–water partition coefficient (Wildman–Crippen LogP) is 2.00. The molecule has 1 saturated heterocycles. The molecule has 2 aromatic heterocycles. The standard InChI is InChI=1S/C16H16F3N5O2/c17-16(18,19)12-6-13(22-8-10-3-4-11(26-10)14(20)25)24-15(23-12)9-2-1-5-21-7-9/h1-2,5-7,10-11H,3-4,8H2,(H2,20,25)(H,22,23,24). The van der Waals surface area contributed by atoms with E-state index in [1.165, 1.54) is 12.4 Å². The lowest BCUT2D eigenvalue weighted by atomic mass is 10.2. The van der Waals surface area contributed by atoms with E-state index in [9.17, 15) is 18.0 Å². The number of nitrogens with two attached hydrogens (primary N) is 1. The molecule has 7 nitrogen and oxygen atoms in total. The monoisotopic (exact) mass is 367 g/mol. The van der Waals surface area contributed by atoms with Gasteiger partial charge in [0.1, 0.15) is 11.9 Å². The van der Waals surface area contributed by atoms with Gasteiger partial charge in [-0.05, 0) is 25.0 Å². The third-order valence-corrected chi connectivity index (χ3v) is 3.87. The highest BCUT2D eigenvalue weighted by molar-refractivity contribution is 5.79. The molecule has 1 aliphatic heterocycles. The smallest absolute Gasteiger partial charge is 0.367 e. The summed E-state index contributed by atoms with van der Waals surface area (Å²) in [5, 5.41) is 2.82. The maximum Gasteiger partial charge on any atom is 0.433 e. The van der Waals surface area contributed by atoms with Crippen molar-refractivity contribution in [1.82, 2.24) is 15.0 Å². The third-order valence-electron chi connectivity index (χ3n) is 3.87. The summed E-state index contributed by atoms with van der Waals surface area (Å²) in [5.41, 5.74) is 4.49. The quantitative estimate of drug-likeness (QED) is 0.838. The maximum absolute atomic E-state index is 13.1. The van der Waals surface area contributed by atoms with E-state index in [0.717, 1.165) is 6.07 Å². The summed E-state index contributed by atoms with van der Waals surface area (Å²) in [6, 6.07) is 3.99. The summed E-state index contributed by atoms with van der Waals surface area (Å²) >= 11 is 0. The van der Waals surface area contributed by atoms with E-state index in [0.29, 0.717) is 18.4 Å². The highest BCUT2D eigenvalue weighted by Gasteiger charge is 2.34. The highest BCUT2D eigenvalue weighted by atomic mass is 19.4. The van der Waals surface area contributed by atoms with Crippen LogP contribution in [-0.2, 0) is 15.7 Å². The number of hydrogen-bond acceptors (Lipinski definition) is 6. The number of aromatic nitrogens is 3. The fourth-order valence-electron chi connectivity index (χ4n) is 2.59. The number of hydrogen-bond donors (Lipinski definition) is 2. The molecule has 3 heterocycles. The molecule has 138 valence electrons. The van der Waals surface area contributed by atoms with Gasteiger partial charge in [0.05, 0.1) is 6.10 Å². The van der Waals surface area contributed by atoms with Crippen molar-refractivity contribution >= 4 is 11.7 Å². The van der Waals surface area contributed by atoms with Gasteiger partial charge in [-0.2, -0.15) is 13.2 Å². The lowest BCUT2D eigenvalue weighted by Gasteiger charge is -2.15. The van der Waals surface area contributed by atoms with Gasteiger partial charge in [-0.25, -0.2) is 9.97 Å². The Morgan fingerprint density at radius 2 is 2.15 bits per heavy atom. The second-order valence-corrected chi connectivity index (χ2v) is 5.81. The summed E-state index contributed by atoms with van der Waals surface area (Å²) < 4.78 is 44.8. The van der Waals surface area contributed by atoms with E-state index in [4.69, 9.17) is 10.5 Å². The Labute approximate surface area is 146 Å². The molecule has 0 spiro atoms. The number of nitrogens with one attached hydrogen (secondary N) is 1. The largest absolute Gasteiger partial charge is 0.433 e. The first kappa shape index (κ1) is 18.1. The van der Waals surface area contributed by atoms with Crippen molar-refractivity contribution in [3.8, 4) is 11.4 Å². The molecule has 0 aliphatic carbocycles. The number of ether oxygens (including phenoxy) is 1. The van der Waals surface area contributed by atoms with E-state index >= 15 is 0 Å². The van der Waals surface area contributed by atoms with Gasteiger partial charge in [0, 0.05) is 30.6 Å². The molecule has 0 saturated carbocycles. The molecule has 0 aromatic carbocycles. The van der Waals surface area contributed by atoms with E-state index in [2.05, 4.69) is 20.3 Å². The van der Waals surface area contributed by atoms with Crippen molar-refractivity contribution in [3.05, 3.63) is 36.3 Å². The second-order valence-electron chi connectivity index (χ2n) is 5.81. The molecule has 3 rings (SSSR count). The van der Waals surface area contributed by atoms with Crippen LogP contribution in [0.3, 0.4) is 0 Å². The molecule has 1 amide bonds. The SMILES string of the molecule is NC(=O)C1CCC(CNc2cc(C(F)(F)F)nc(-c3cccnc3)n2)O1. The molecule has 2 unspecified atom stereocenters. The summed E-state index contributed by atoms with van der Waals surface area (Å²) in [6.45, 7) is 0.199. The molecule has 0 bridgehead atoms. The van der Waals surface area contributed by atoms with Crippen molar-refractivity contribution in [2.24, 2.45) is 5.73 Å². The number of primary amides is 1. The van der Waals surface area contributed by atoms with Gasteiger partial charge in [-0.15, -0.1) is 0 Å². The minimum atomic E-state index is -4.61. The normalized spacial score (nSPS) is 20.1. The van der Waals surface area contributed by atoms with Gasteiger partial charge in [0.15, 0.2) is 11.5 Å². The number of carbonyl (C=O) groups excluding carboxylic acids is 1. The minimum Gasteiger partial charge on any atom is -0.367 e. The van der Waals surface area contributed by atoms with E-state index in [1.54, 1.807) is 12.1 Å². The van der Waals surface area contributed by atoms with Gasteiger partial charge in [-0.1, -0.05) is 0 Å². The fraction of sp³-hybridized carbons (Fsp3) is 0.375. The van der Waals surface area contributed by atoms with Crippen LogP contribution in [-0.4, -0.2) is 39.6 Å². The maximum atomic E-state index is 13.1. The van der Waals surface area contributed by atoms with Crippen LogP contribution in [0, 0.1) is 0 Å². The first-order valence-corrected chi connectivity index (χ1v) is 7.88. The van der Waals surface area contributed by atoms with E-state index in [-0.39, 0.29) is 24.3 Å². The van der Waals surface area contributed by atoms with Crippen LogP contribution in [0.1, 0.15) is 18.5 Å². The zero-order chi connectivity index (χ0) is 18.7. The Morgan fingerprint density at radius 1 is 1.35 bits per heavy atom. The first-order valence-electron chi connectivity index (χ1n) is 7.88. The van der Waals surface area contributed by atoms with Gasteiger partial charge in [0.25, 0.3) is 0 Å². The summed E-state index contributed by atoms with van der Waals surface area (Å²) in [7, 11) is 0. The van der Waals surface area contributed by atoms with Gasteiger partial charge in [-0.3, -0.25) is 9.78 Å². The van der Waals surface area contributed by atoms with Crippen LogP contribution < -0.4 is 11.1 Å². The number of halogens is 3. The highest BCUT2D eigenvalue weighted by Crippen LogP contribution is 2.30. The molecule has 2 aromatic rings. The zero-order valence-corrected chi connectivity index (χ0v) is 13.5. The average Bonchev–Trinajstić information content (AvgIpc) is 3.09. The van der Waals surface area contributed by atoms with Crippen molar-refractivity contribution < 1.29 is 22.7 Å². The molecular formula is C16H16F3N5O2. The van der Waals surface area contributed by atoms with Crippen molar-refractivity contribution in [1.29, 1.82) is 0 Å². The topological polar surface area (TPSA) is 103 Å². The zero-order valence-electron chi connectivity index (χ0n) is 13.5. The number of carbonyl (C=O) groups is 1. The number of pyridine rings is 1. The summed E-state index contributed by atoms with van der Waals surface area (Å²) in [4.78, 5) is 22.7. The van der Waals surface area contributed by atoms with E-state index in [1.807, 2.05) is 0 Å². The van der Waals surface area contributed by atoms with Crippen LogP contribution in [0.2, 0.25) is 0 Å². The third kappa shape index (κ3) is 4.26.